The fourth-order valence-electron chi connectivity index (χ4n) is 2.37. The van der Waals surface area contributed by atoms with E-state index >= 15 is 0 Å². The minimum atomic E-state index is -3.34. The molecule has 8 nitrogen and oxygen atoms in total. The SMILES string of the molecule is CC(C)Cc1c(C(=O)O)nnn1C1CS(=O)(=O)CC1O. The first kappa shape index (κ1) is 14.9. The highest BCUT2D eigenvalue weighted by Gasteiger charge is 2.40. The molecule has 1 fully saturated rings. The predicted molar refractivity (Wildman–Crippen MR) is 69.2 cm³/mol. The Morgan fingerprint density at radius 3 is 2.55 bits per heavy atom. The third-order valence-corrected chi connectivity index (χ3v) is 4.90. The molecule has 2 unspecified atom stereocenters. The number of carbonyl (C=O) groups is 1. The van der Waals surface area contributed by atoms with Crippen molar-refractivity contribution in [2.75, 3.05) is 11.5 Å². The number of aliphatic hydroxyl groups is 1. The number of carboxylic acids is 1. The van der Waals surface area contributed by atoms with Crippen molar-refractivity contribution in [3.63, 3.8) is 0 Å². The van der Waals surface area contributed by atoms with Gasteiger partial charge in [0.1, 0.15) is 0 Å². The maximum absolute atomic E-state index is 11.6. The van der Waals surface area contributed by atoms with Gasteiger partial charge in [-0.15, -0.1) is 5.10 Å². The average Bonchev–Trinajstić information content (AvgIpc) is 2.78. The number of aliphatic hydroxyl groups excluding tert-OH is 1. The summed E-state index contributed by atoms with van der Waals surface area (Å²) >= 11 is 0. The van der Waals surface area contributed by atoms with Crippen LogP contribution in [0, 0.1) is 5.92 Å². The zero-order valence-electron chi connectivity index (χ0n) is 11.2. The third-order valence-electron chi connectivity index (χ3n) is 3.20. The summed E-state index contributed by atoms with van der Waals surface area (Å²) in [4.78, 5) is 11.1. The molecule has 20 heavy (non-hydrogen) atoms. The molecule has 1 aliphatic rings. The van der Waals surface area contributed by atoms with E-state index in [0.717, 1.165) is 0 Å². The van der Waals surface area contributed by atoms with Gasteiger partial charge in [0.2, 0.25) is 0 Å². The fourth-order valence-corrected chi connectivity index (χ4v) is 4.13. The monoisotopic (exact) mass is 303 g/mol. The van der Waals surface area contributed by atoms with Gasteiger partial charge in [-0.05, 0) is 12.3 Å². The van der Waals surface area contributed by atoms with Crippen LogP contribution in [0.2, 0.25) is 0 Å². The summed E-state index contributed by atoms with van der Waals surface area (Å²) in [6.45, 7) is 3.82. The third kappa shape index (κ3) is 2.83. The van der Waals surface area contributed by atoms with E-state index in [2.05, 4.69) is 10.3 Å². The van der Waals surface area contributed by atoms with Crippen LogP contribution in [0.15, 0.2) is 0 Å². The molecule has 0 spiro atoms. The van der Waals surface area contributed by atoms with Crippen LogP contribution in [-0.4, -0.2) is 57.2 Å². The van der Waals surface area contributed by atoms with E-state index in [1.807, 2.05) is 13.8 Å². The van der Waals surface area contributed by atoms with Gasteiger partial charge in [-0.1, -0.05) is 19.1 Å². The summed E-state index contributed by atoms with van der Waals surface area (Å²) < 4.78 is 24.4. The smallest absolute Gasteiger partial charge is 0.358 e. The molecule has 2 heterocycles. The Labute approximate surface area is 116 Å². The fraction of sp³-hybridized carbons (Fsp3) is 0.727. The Morgan fingerprint density at radius 2 is 2.10 bits per heavy atom. The van der Waals surface area contributed by atoms with Crippen molar-refractivity contribution in [3.05, 3.63) is 11.4 Å². The molecule has 0 radical (unpaired) electrons. The molecule has 0 bridgehead atoms. The zero-order chi connectivity index (χ0) is 15.1. The van der Waals surface area contributed by atoms with Crippen LogP contribution in [0.3, 0.4) is 0 Å². The Morgan fingerprint density at radius 1 is 1.45 bits per heavy atom. The van der Waals surface area contributed by atoms with Crippen LogP contribution in [0.4, 0.5) is 0 Å². The number of nitrogens with zero attached hydrogens (tertiary/aromatic N) is 3. The highest BCUT2D eigenvalue weighted by atomic mass is 32.2. The summed E-state index contributed by atoms with van der Waals surface area (Å²) in [5.74, 6) is -1.63. The molecule has 1 saturated heterocycles. The van der Waals surface area contributed by atoms with Gasteiger partial charge in [-0.25, -0.2) is 17.9 Å². The van der Waals surface area contributed by atoms with Crippen LogP contribution in [0.5, 0.6) is 0 Å². The van der Waals surface area contributed by atoms with E-state index < -0.39 is 28.0 Å². The molecule has 0 aliphatic carbocycles. The van der Waals surface area contributed by atoms with E-state index in [9.17, 15) is 18.3 Å². The maximum atomic E-state index is 11.6. The number of hydrogen-bond acceptors (Lipinski definition) is 6. The molecule has 2 rings (SSSR count). The van der Waals surface area contributed by atoms with E-state index in [4.69, 9.17) is 5.11 Å². The number of rotatable bonds is 4. The lowest BCUT2D eigenvalue weighted by atomic mass is 10.1. The van der Waals surface area contributed by atoms with Crippen molar-refractivity contribution in [1.82, 2.24) is 15.0 Å². The quantitative estimate of drug-likeness (QED) is 0.769. The van der Waals surface area contributed by atoms with Gasteiger partial charge in [-0.3, -0.25) is 0 Å². The number of sulfone groups is 1. The Bertz CT molecular complexity index is 622. The molecule has 0 aromatic carbocycles. The predicted octanol–water partition coefficient (Wildman–Crippen LogP) is -0.495. The Kier molecular flexibility index (Phi) is 3.83. The Hall–Kier alpha value is -1.48. The van der Waals surface area contributed by atoms with E-state index in [-0.39, 0.29) is 23.1 Å². The topological polar surface area (TPSA) is 122 Å². The molecule has 0 amide bonds. The molecule has 9 heteroatoms. The van der Waals surface area contributed by atoms with Gasteiger partial charge in [0, 0.05) is 0 Å². The number of hydrogen-bond donors (Lipinski definition) is 2. The summed E-state index contributed by atoms with van der Waals surface area (Å²) in [6.07, 6.45) is -0.688. The lowest BCUT2D eigenvalue weighted by molar-refractivity contribution is 0.0688. The van der Waals surface area contributed by atoms with Gasteiger partial charge in [0.25, 0.3) is 0 Å². The van der Waals surface area contributed by atoms with Crippen LogP contribution in [-0.2, 0) is 16.3 Å². The van der Waals surface area contributed by atoms with Gasteiger partial charge in [-0.2, -0.15) is 0 Å². The normalized spacial score (nSPS) is 25.2. The second kappa shape index (κ2) is 5.13. The summed E-state index contributed by atoms with van der Waals surface area (Å²) in [6, 6.07) is -0.769. The number of aromatic carboxylic acids is 1. The summed E-state index contributed by atoms with van der Waals surface area (Å²) in [5.41, 5.74) is 0.170. The standard InChI is InChI=1S/C11H17N3O5S/c1-6(2)3-7-10(11(16)17)12-13-14(7)8-4-20(18,19)5-9(8)15/h6,8-9,15H,3-5H2,1-2H3,(H,16,17). The first-order valence-electron chi connectivity index (χ1n) is 6.27. The van der Waals surface area contributed by atoms with Crippen molar-refractivity contribution in [1.29, 1.82) is 0 Å². The van der Waals surface area contributed by atoms with Gasteiger partial charge >= 0.3 is 5.97 Å². The molecule has 0 saturated carbocycles. The van der Waals surface area contributed by atoms with Crippen molar-refractivity contribution in [2.45, 2.75) is 32.4 Å². The van der Waals surface area contributed by atoms with Crippen molar-refractivity contribution >= 4 is 15.8 Å². The van der Waals surface area contributed by atoms with Crippen LogP contribution >= 0.6 is 0 Å². The van der Waals surface area contributed by atoms with E-state index in [1.54, 1.807) is 0 Å². The number of aromatic nitrogens is 3. The maximum Gasteiger partial charge on any atom is 0.358 e. The second-order valence-corrected chi connectivity index (χ2v) is 7.60. The van der Waals surface area contributed by atoms with Crippen LogP contribution < -0.4 is 0 Å². The van der Waals surface area contributed by atoms with Crippen molar-refractivity contribution < 1.29 is 23.4 Å². The van der Waals surface area contributed by atoms with Crippen molar-refractivity contribution in [2.24, 2.45) is 5.92 Å². The van der Waals surface area contributed by atoms with E-state index in [1.165, 1.54) is 4.68 Å². The highest BCUT2D eigenvalue weighted by molar-refractivity contribution is 7.91. The lowest BCUT2D eigenvalue weighted by Gasteiger charge is -2.16. The molecular weight excluding hydrogens is 286 g/mol. The second-order valence-electron chi connectivity index (χ2n) is 5.44. The molecule has 1 aromatic heterocycles. The van der Waals surface area contributed by atoms with Crippen LogP contribution in [0.1, 0.15) is 36.1 Å². The molecular formula is C11H17N3O5S. The summed E-state index contributed by atoms with van der Waals surface area (Å²) in [7, 11) is -3.34. The molecule has 2 N–H and O–H groups in total. The molecule has 112 valence electrons. The molecule has 2 atom stereocenters. The average molecular weight is 303 g/mol. The van der Waals surface area contributed by atoms with Gasteiger partial charge in [0.05, 0.1) is 29.3 Å². The lowest BCUT2D eigenvalue weighted by Crippen LogP contribution is -2.25. The van der Waals surface area contributed by atoms with E-state index in [0.29, 0.717) is 12.1 Å². The first-order valence-corrected chi connectivity index (χ1v) is 8.09. The Balaban J connectivity index is 2.44. The largest absolute Gasteiger partial charge is 0.476 e. The minimum absolute atomic E-state index is 0.153. The highest BCUT2D eigenvalue weighted by Crippen LogP contribution is 2.26. The molecule has 1 aromatic rings. The summed E-state index contributed by atoms with van der Waals surface area (Å²) in [5, 5.41) is 26.3. The van der Waals surface area contributed by atoms with Crippen molar-refractivity contribution in [3.8, 4) is 0 Å². The minimum Gasteiger partial charge on any atom is -0.476 e. The van der Waals surface area contributed by atoms with Gasteiger partial charge < -0.3 is 10.2 Å². The van der Waals surface area contributed by atoms with Gasteiger partial charge in [0.15, 0.2) is 15.5 Å². The molecule has 1 aliphatic heterocycles. The van der Waals surface area contributed by atoms with Crippen LogP contribution in [0.25, 0.3) is 0 Å². The number of carboxylic acid groups (broad SMARTS) is 1. The zero-order valence-corrected chi connectivity index (χ0v) is 12.0. The first-order chi connectivity index (χ1) is 9.21.